The number of aromatic nitrogens is 4. The first-order chi connectivity index (χ1) is 14.6. The monoisotopic (exact) mass is 455 g/mol. The summed E-state index contributed by atoms with van der Waals surface area (Å²) >= 11 is 4.79. The predicted molar refractivity (Wildman–Crippen MR) is 123 cm³/mol. The zero-order valence-corrected chi connectivity index (χ0v) is 19.1. The zero-order valence-electron chi connectivity index (χ0n) is 16.7. The van der Waals surface area contributed by atoms with Crippen LogP contribution in [0.4, 0.5) is 0 Å². The van der Waals surface area contributed by atoms with Crippen molar-refractivity contribution in [3.8, 4) is 10.7 Å². The number of benzene rings is 1. The molecule has 0 N–H and O–H groups in total. The van der Waals surface area contributed by atoms with Gasteiger partial charge < -0.3 is 4.90 Å². The Balaban J connectivity index is 1.29. The molecule has 0 radical (unpaired) electrons. The molecule has 0 unspecified atom stereocenters. The fraction of sp³-hybridized carbons (Fsp3) is 0.333. The van der Waals surface area contributed by atoms with Crippen molar-refractivity contribution in [2.24, 2.45) is 0 Å². The summed E-state index contributed by atoms with van der Waals surface area (Å²) in [5.74, 6) is 1.31. The first kappa shape index (κ1) is 19.7. The molecule has 1 aromatic carbocycles. The van der Waals surface area contributed by atoms with Gasteiger partial charge in [-0.05, 0) is 43.3 Å². The van der Waals surface area contributed by atoms with Crippen molar-refractivity contribution in [2.75, 3.05) is 12.8 Å². The Morgan fingerprint density at radius 3 is 2.83 bits per heavy atom. The molecule has 1 fully saturated rings. The number of carbonyl (C=O) groups is 1. The summed E-state index contributed by atoms with van der Waals surface area (Å²) in [6, 6.07) is 12.6. The highest BCUT2D eigenvalue weighted by Gasteiger charge is 2.31. The largest absolute Gasteiger partial charge is 0.336 e. The number of fused-ring (bicyclic) bond motifs is 1. The number of nitrogens with zero attached hydrogens (tertiary/aromatic N) is 5. The lowest BCUT2D eigenvalue weighted by Gasteiger charge is -2.23. The zero-order chi connectivity index (χ0) is 20.7. The van der Waals surface area contributed by atoms with E-state index in [1.807, 2.05) is 38.2 Å². The summed E-state index contributed by atoms with van der Waals surface area (Å²) in [4.78, 5) is 20.5. The number of thioether (sulfide) groups is 1. The van der Waals surface area contributed by atoms with E-state index in [2.05, 4.69) is 32.3 Å². The fourth-order valence-corrected chi connectivity index (χ4v) is 5.99. The highest BCUT2D eigenvalue weighted by Crippen LogP contribution is 2.41. The van der Waals surface area contributed by atoms with Crippen molar-refractivity contribution in [2.45, 2.75) is 37.0 Å². The number of thiophene rings is 1. The number of hydrogen-bond acceptors (Lipinski definition) is 7. The van der Waals surface area contributed by atoms with Gasteiger partial charge in [0.15, 0.2) is 11.0 Å². The molecule has 30 heavy (non-hydrogen) atoms. The second-order valence-corrected chi connectivity index (χ2v) is 10.3. The summed E-state index contributed by atoms with van der Waals surface area (Å²) in [6.07, 6.45) is 2.29. The smallest absolute Gasteiger partial charge is 0.233 e. The molecule has 4 aromatic rings. The van der Waals surface area contributed by atoms with Gasteiger partial charge in [-0.2, -0.15) is 0 Å². The maximum atomic E-state index is 12.9. The third kappa shape index (κ3) is 3.77. The average Bonchev–Trinajstić information content (AvgIpc) is 3.17. The van der Waals surface area contributed by atoms with E-state index in [0.29, 0.717) is 11.8 Å². The van der Waals surface area contributed by atoms with Crippen LogP contribution in [0.5, 0.6) is 0 Å². The van der Waals surface area contributed by atoms with Gasteiger partial charge in [-0.25, -0.2) is 4.98 Å². The van der Waals surface area contributed by atoms with Gasteiger partial charge in [0.1, 0.15) is 5.01 Å². The molecule has 0 aliphatic heterocycles. The topological polar surface area (TPSA) is 63.9 Å². The quantitative estimate of drug-likeness (QED) is 0.356. The van der Waals surface area contributed by atoms with E-state index >= 15 is 0 Å². The maximum Gasteiger partial charge on any atom is 0.233 e. The van der Waals surface area contributed by atoms with Gasteiger partial charge in [-0.3, -0.25) is 9.36 Å². The number of amides is 1. The molecule has 3 heterocycles. The molecule has 1 atom stereocenters. The Bertz CT molecular complexity index is 1150. The lowest BCUT2D eigenvalue weighted by molar-refractivity contribution is -0.128. The number of rotatable bonds is 7. The minimum atomic E-state index is -0.0709. The first-order valence-corrected chi connectivity index (χ1v) is 12.5. The Morgan fingerprint density at radius 1 is 1.27 bits per heavy atom. The second-order valence-electron chi connectivity index (χ2n) is 7.37. The Hall–Kier alpha value is -2.23. The lowest BCUT2D eigenvalue weighted by Crippen LogP contribution is -2.31. The molecular weight excluding hydrogens is 434 g/mol. The number of hydrogen-bond donors (Lipinski definition) is 0. The molecule has 0 spiro atoms. The number of carbonyl (C=O) groups excluding carboxylic acids is 1. The van der Waals surface area contributed by atoms with Crippen LogP contribution in [0, 0.1) is 0 Å². The molecule has 0 saturated heterocycles. The van der Waals surface area contributed by atoms with E-state index in [0.717, 1.165) is 43.9 Å². The van der Waals surface area contributed by atoms with Crippen molar-refractivity contribution in [3.63, 3.8) is 0 Å². The summed E-state index contributed by atoms with van der Waals surface area (Å²) in [5, 5.41) is 12.7. The highest BCUT2D eigenvalue weighted by molar-refractivity contribution is 7.99. The van der Waals surface area contributed by atoms with Crippen molar-refractivity contribution in [1.29, 1.82) is 0 Å². The van der Waals surface area contributed by atoms with E-state index in [9.17, 15) is 4.79 Å². The van der Waals surface area contributed by atoms with Crippen LogP contribution in [0.25, 0.3) is 20.9 Å². The van der Waals surface area contributed by atoms with Crippen molar-refractivity contribution in [3.05, 3.63) is 46.8 Å². The predicted octanol–water partition coefficient (Wildman–Crippen LogP) is 5.26. The minimum Gasteiger partial charge on any atom is -0.336 e. The molecule has 0 bridgehead atoms. The normalized spacial score (nSPS) is 14.9. The molecule has 1 saturated carbocycles. The fourth-order valence-electron chi connectivity index (χ4n) is 3.29. The summed E-state index contributed by atoms with van der Waals surface area (Å²) in [6.45, 7) is 2.03. The number of para-hydroxylation sites is 1. The lowest BCUT2D eigenvalue weighted by atomic mass is 10.3. The molecule has 9 heteroatoms. The van der Waals surface area contributed by atoms with Crippen molar-refractivity contribution >= 4 is 50.6 Å². The minimum absolute atomic E-state index is 0.0646. The van der Waals surface area contributed by atoms with Crippen LogP contribution in [0.3, 0.4) is 0 Å². The Kier molecular flexibility index (Phi) is 5.34. The van der Waals surface area contributed by atoms with Crippen LogP contribution in [-0.2, 0) is 4.79 Å². The summed E-state index contributed by atoms with van der Waals surface area (Å²) in [5.41, 5.74) is 0.984. The third-order valence-electron chi connectivity index (χ3n) is 5.29. The molecule has 6 nitrogen and oxygen atoms in total. The van der Waals surface area contributed by atoms with Crippen molar-refractivity contribution in [1.82, 2.24) is 24.6 Å². The van der Waals surface area contributed by atoms with E-state index in [1.54, 1.807) is 27.6 Å². The molecular formula is C21H21N5OS3. The Labute approximate surface area is 187 Å². The van der Waals surface area contributed by atoms with Gasteiger partial charge in [0.05, 0.1) is 26.9 Å². The van der Waals surface area contributed by atoms with Crippen LogP contribution < -0.4 is 0 Å². The summed E-state index contributed by atoms with van der Waals surface area (Å²) in [7, 11) is 1.85. The van der Waals surface area contributed by atoms with E-state index in [4.69, 9.17) is 4.98 Å². The Morgan fingerprint density at radius 2 is 2.10 bits per heavy atom. The van der Waals surface area contributed by atoms with Crippen LogP contribution in [0.1, 0.15) is 36.9 Å². The second kappa shape index (κ2) is 8.13. The van der Waals surface area contributed by atoms with E-state index in [-0.39, 0.29) is 11.9 Å². The third-order valence-corrected chi connectivity index (χ3v) is 8.29. The van der Waals surface area contributed by atoms with Gasteiger partial charge >= 0.3 is 0 Å². The first-order valence-electron chi connectivity index (χ1n) is 9.84. The van der Waals surface area contributed by atoms with Gasteiger partial charge in [0.2, 0.25) is 5.91 Å². The average molecular weight is 456 g/mol. The van der Waals surface area contributed by atoms with Gasteiger partial charge in [-0.15, -0.1) is 32.9 Å². The SMILES string of the molecule is C[C@H](c1nc2ccccc2s1)N(C)C(=O)CSc1nnc(-c2cccs2)n1C1CC1. The number of thiazole rings is 1. The maximum absolute atomic E-state index is 12.9. The molecule has 5 rings (SSSR count). The van der Waals surface area contributed by atoms with Crippen LogP contribution in [0.15, 0.2) is 46.9 Å². The van der Waals surface area contributed by atoms with E-state index in [1.165, 1.54) is 11.8 Å². The standard InChI is InChI=1S/C21H21N5OS3/c1-13(20-22-15-6-3-4-7-16(15)30-20)25(2)18(27)12-29-21-24-23-19(17-8-5-11-28-17)26(21)14-9-10-14/h3-8,11,13-14H,9-10,12H2,1-2H3/t13-/m1/s1. The van der Waals surface area contributed by atoms with Crippen molar-refractivity contribution < 1.29 is 4.79 Å². The molecule has 154 valence electrons. The molecule has 1 aliphatic carbocycles. The van der Waals surface area contributed by atoms with Crippen LogP contribution in [-0.4, -0.2) is 43.4 Å². The molecule has 1 aliphatic rings. The molecule has 1 amide bonds. The summed E-state index contributed by atoms with van der Waals surface area (Å²) < 4.78 is 3.36. The van der Waals surface area contributed by atoms with E-state index < -0.39 is 0 Å². The van der Waals surface area contributed by atoms with Gasteiger partial charge in [0.25, 0.3) is 0 Å². The van der Waals surface area contributed by atoms with Gasteiger partial charge in [-0.1, -0.05) is 30.0 Å². The highest BCUT2D eigenvalue weighted by atomic mass is 32.2. The van der Waals surface area contributed by atoms with Crippen LogP contribution >= 0.6 is 34.4 Å². The van der Waals surface area contributed by atoms with Gasteiger partial charge in [0, 0.05) is 13.1 Å². The van der Waals surface area contributed by atoms with Crippen LogP contribution in [0.2, 0.25) is 0 Å². The molecule has 3 aromatic heterocycles.